The van der Waals surface area contributed by atoms with Gasteiger partial charge in [-0.15, -0.1) is 23.1 Å². The van der Waals surface area contributed by atoms with Crippen LogP contribution in [-0.2, 0) is 11.2 Å². The third-order valence-corrected chi connectivity index (χ3v) is 4.99. The van der Waals surface area contributed by atoms with E-state index in [0.717, 1.165) is 17.0 Å². The van der Waals surface area contributed by atoms with E-state index in [9.17, 15) is 9.59 Å². The molecule has 0 saturated heterocycles. The Hall–Kier alpha value is -1.99. The number of hydrogen-bond donors (Lipinski definition) is 3. The van der Waals surface area contributed by atoms with Crippen LogP contribution in [0.15, 0.2) is 46.7 Å². The molecular formula is C16H19N3O2S2. The highest BCUT2D eigenvalue weighted by Gasteiger charge is 2.07. The highest BCUT2D eigenvalue weighted by Crippen LogP contribution is 2.27. The Balaban J connectivity index is 1.81. The van der Waals surface area contributed by atoms with Crippen LogP contribution in [0.2, 0.25) is 0 Å². The number of amides is 3. The van der Waals surface area contributed by atoms with Gasteiger partial charge in [0.05, 0.1) is 5.69 Å². The summed E-state index contributed by atoms with van der Waals surface area (Å²) in [7, 11) is 0. The Kier molecular flexibility index (Phi) is 6.96. The van der Waals surface area contributed by atoms with E-state index in [4.69, 9.17) is 5.73 Å². The minimum absolute atomic E-state index is 0.232. The van der Waals surface area contributed by atoms with Gasteiger partial charge >= 0.3 is 6.03 Å². The van der Waals surface area contributed by atoms with E-state index in [2.05, 4.69) is 16.7 Å². The van der Waals surface area contributed by atoms with Gasteiger partial charge < -0.3 is 16.4 Å². The quantitative estimate of drug-likeness (QED) is 0.640. The first-order chi connectivity index (χ1) is 11.1. The molecule has 0 aliphatic carbocycles. The van der Waals surface area contributed by atoms with Gasteiger partial charge in [-0.1, -0.05) is 18.2 Å². The summed E-state index contributed by atoms with van der Waals surface area (Å²) in [5, 5.41) is 7.71. The number of anilines is 1. The van der Waals surface area contributed by atoms with E-state index < -0.39 is 0 Å². The number of primary amides is 1. The Morgan fingerprint density at radius 2 is 2.00 bits per heavy atom. The summed E-state index contributed by atoms with van der Waals surface area (Å²) < 4.78 is 0. The lowest BCUT2D eigenvalue weighted by atomic mass is 10.3. The fourth-order valence-corrected chi connectivity index (χ4v) is 3.56. The van der Waals surface area contributed by atoms with Crippen LogP contribution < -0.4 is 16.4 Å². The van der Waals surface area contributed by atoms with Crippen LogP contribution in [0, 0.1) is 0 Å². The number of thioether (sulfide) groups is 1. The minimum Gasteiger partial charge on any atom is -0.370 e. The Morgan fingerprint density at radius 3 is 2.74 bits per heavy atom. The molecule has 7 heteroatoms. The van der Waals surface area contributed by atoms with Crippen molar-refractivity contribution in [3.63, 3.8) is 0 Å². The fraction of sp³-hybridized carbons (Fsp3) is 0.250. The van der Waals surface area contributed by atoms with E-state index in [-0.39, 0.29) is 11.9 Å². The van der Waals surface area contributed by atoms with Gasteiger partial charge in [0, 0.05) is 28.5 Å². The first-order valence-electron chi connectivity index (χ1n) is 7.22. The predicted molar refractivity (Wildman–Crippen MR) is 96.0 cm³/mol. The molecule has 0 atom stereocenters. The van der Waals surface area contributed by atoms with Gasteiger partial charge in [0.2, 0.25) is 5.91 Å². The van der Waals surface area contributed by atoms with Gasteiger partial charge in [0.25, 0.3) is 0 Å². The van der Waals surface area contributed by atoms with E-state index in [0.29, 0.717) is 18.7 Å². The molecule has 2 rings (SSSR count). The van der Waals surface area contributed by atoms with Crippen LogP contribution >= 0.6 is 23.1 Å². The summed E-state index contributed by atoms with van der Waals surface area (Å²) in [5.74, 6) is 0.267. The number of carbonyl (C=O) groups excluding carboxylic acids is 2. The lowest BCUT2D eigenvalue weighted by Gasteiger charge is -2.11. The minimum atomic E-state index is -0.325. The Labute approximate surface area is 143 Å². The maximum atomic E-state index is 12.0. The standard InChI is InChI=1S/C16H19N3O2S2/c17-15(20)8-11-23-14-6-2-1-5-13(14)19-16(21)18-9-7-12-4-3-10-22-12/h1-6,10H,7-9,11H2,(H2,17,20)(H2,18,19,21). The van der Waals surface area contributed by atoms with Crippen molar-refractivity contribution in [1.82, 2.24) is 5.32 Å². The highest BCUT2D eigenvalue weighted by molar-refractivity contribution is 7.99. The van der Waals surface area contributed by atoms with Gasteiger partial charge in [-0.2, -0.15) is 0 Å². The molecule has 0 bridgehead atoms. The summed E-state index contributed by atoms with van der Waals surface area (Å²) in [4.78, 5) is 24.9. The van der Waals surface area contributed by atoms with Crippen molar-refractivity contribution in [2.24, 2.45) is 5.73 Å². The Bertz CT molecular complexity index is 645. The smallest absolute Gasteiger partial charge is 0.319 e. The van der Waals surface area contributed by atoms with Crippen molar-refractivity contribution in [1.29, 1.82) is 0 Å². The lowest BCUT2D eigenvalue weighted by molar-refractivity contribution is -0.117. The third kappa shape index (κ3) is 6.33. The van der Waals surface area contributed by atoms with Crippen LogP contribution in [0.5, 0.6) is 0 Å². The second-order valence-corrected chi connectivity index (χ2v) is 6.94. The van der Waals surface area contributed by atoms with E-state index >= 15 is 0 Å². The number of benzene rings is 1. The largest absolute Gasteiger partial charge is 0.370 e. The number of nitrogens with two attached hydrogens (primary N) is 1. The predicted octanol–water partition coefficient (Wildman–Crippen LogP) is 3.08. The third-order valence-electron chi connectivity index (χ3n) is 2.98. The zero-order chi connectivity index (χ0) is 16.5. The van der Waals surface area contributed by atoms with Crippen molar-refractivity contribution in [3.8, 4) is 0 Å². The second-order valence-electron chi connectivity index (χ2n) is 4.77. The number of carbonyl (C=O) groups is 2. The second kappa shape index (κ2) is 9.22. The summed E-state index contributed by atoms with van der Waals surface area (Å²) >= 11 is 3.18. The molecule has 23 heavy (non-hydrogen) atoms. The summed E-state index contributed by atoms with van der Waals surface area (Å²) in [5.41, 5.74) is 5.87. The van der Waals surface area contributed by atoms with Crippen molar-refractivity contribution in [2.75, 3.05) is 17.6 Å². The number of thiophene rings is 1. The van der Waals surface area contributed by atoms with Gasteiger partial charge in [0.15, 0.2) is 0 Å². The topological polar surface area (TPSA) is 84.2 Å². The van der Waals surface area contributed by atoms with Gasteiger partial charge in [-0.05, 0) is 30.0 Å². The molecule has 122 valence electrons. The van der Waals surface area contributed by atoms with Crippen molar-refractivity contribution in [2.45, 2.75) is 17.7 Å². The average molecular weight is 349 g/mol. The normalized spacial score (nSPS) is 10.3. The number of urea groups is 1. The Morgan fingerprint density at radius 1 is 1.17 bits per heavy atom. The number of rotatable bonds is 8. The molecular weight excluding hydrogens is 330 g/mol. The molecule has 5 nitrogen and oxygen atoms in total. The van der Waals surface area contributed by atoms with Gasteiger partial charge in [0.1, 0.15) is 0 Å². The first-order valence-corrected chi connectivity index (χ1v) is 9.09. The van der Waals surface area contributed by atoms with Gasteiger partial charge in [-0.25, -0.2) is 4.79 Å². The summed E-state index contributed by atoms with van der Waals surface area (Å²) in [6.45, 7) is 0.587. The molecule has 3 amide bonds. The lowest BCUT2D eigenvalue weighted by Crippen LogP contribution is -2.30. The molecule has 0 fully saturated rings. The SMILES string of the molecule is NC(=O)CCSc1ccccc1NC(=O)NCCc1cccs1. The van der Waals surface area contributed by atoms with Crippen LogP contribution in [0.3, 0.4) is 0 Å². The number of hydrogen-bond acceptors (Lipinski definition) is 4. The molecule has 0 spiro atoms. The maximum absolute atomic E-state index is 12.0. The monoisotopic (exact) mass is 349 g/mol. The van der Waals surface area contributed by atoms with Crippen molar-refractivity contribution >= 4 is 40.7 Å². The number of para-hydroxylation sites is 1. The summed E-state index contributed by atoms with van der Waals surface area (Å²) in [6, 6.07) is 11.3. The van der Waals surface area contributed by atoms with E-state index in [1.165, 1.54) is 16.6 Å². The first kappa shape index (κ1) is 17.4. The van der Waals surface area contributed by atoms with Crippen LogP contribution in [0.1, 0.15) is 11.3 Å². The van der Waals surface area contributed by atoms with E-state index in [1.54, 1.807) is 11.3 Å². The molecule has 0 unspecified atom stereocenters. The van der Waals surface area contributed by atoms with Crippen LogP contribution in [-0.4, -0.2) is 24.2 Å². The molecule has 0 radical (unpaired) electrons. The zero-order valence-electron chi connectivity index (χ0n) is 12.6. The molecule has 1 heterocycles. The van der Waals surface area contributed by atoms with Crippen LogP contribution in [0.4, 0.5) is 10.5 Å². The number of nitrogens with one attached hydrogen (secondary N) is 2. The zero-order valence-corrected chi connectivity index (χ0v) is 14.2. The van der Waals surface area contributed by atoms with Crippen molar-refractivity contribution in [3.05, 3.63) is 46.7 Å². The van der Waals surface area contributed by atoms with Crippen molar-refractivity contribution < 1.29 is 9.59 Å². The average Bonchev–Trinajstić information content (AvgIpc) is 3.02. The molecule has 0 aliphatic rings. The van der Waals surface area contributed by atoms with E-state index in [1.807, 2.05) is 35.7 Å². The summed E-state index contributed by atoms with van der Waals surface area (Å²) in [6.07, 6.45) is 1.13. The molecule has 4 N–H and O–H groups in total. The highest BCUT2D eigenvalue weighted by atomic mass is 32.2. The van der Waals surface area contributed by atoms with Gasteiger partial charge in [-0.3, -0.25) is 4.79 Å². The molecule has 0 saturated carbocycles. The molecule has 1 aromatic heterocycles. The molecule has 1 aromatic carbocycles. The maximum Gasteiger partial charge on any atom is 0.319 e. The van der Waals surface area contributed by atoms with Crippen LogP contribution in [0.25, 0.3) is 0 Å². The fourth-order valence-electron chi connectivity index (χ4n) is 1.88. The molecule has 0 aliphatic heterocycles. The molecule has 2 aromatic rings.